The van der Waals surface area contributed by atoms with Crippen LogP contribution in [0.1, 0.15) is 36.7 Å². The summed E-state index contributed by atoms with van der Waals surface area (Å²) in [5.74, 6) is -0.467. The molecule has 1 N–H and O–H groups in total. The summed E-state index contributed by atoms with van der Waals surface area (Å²) in [5, 5.41) is 4.20. The Balaban J connectivity index is 1.69. The van der Waals surface area contributed by atoms with Gasteiger partial charge in [-0.2, -0.15) is 9.41 Å². The Labute approximate surface area is 189 Å². The summed E-state index contributed by atoms with van der Waals surface area (Å²) in [6.45, 7) is 9.29. The number of nitrogens with one attached hydrogen (secondary N) is 1. The summed E-state index contributed by atoms with van der Waals surface area (Å²) in [6, 6.07) is 14.0. The number of rotatable bonds is 8. The summed E-state index contributed by atoms with van der Waals surface area (Å²) >= 11 is 0. The molecule has 0 saturated carbocycles. The zero-order chi connectivity index (χ0) is 23.1. The highest BCUT2D eigenvalue weighted by molar-refractivity contribution is 7.89. The predicted molar refractivity (Wildman–Crippen MR) is 126 cm³/mol. The molecular formula is C23H30N4O4S. The maximum Gasteiger partial charge on any atom is 0.271 e. The van der Waals surface area contributed by atoms with Crippen molar-refractivity contribution in [3.63, 3.8) is 0 Å². The molecule has 172 valence electrons. The van der Waals surface area contributed by atoms with Gasteiger partial charge in [-0.3, -0.25) is 4.79 Å². The van der Waals surface area contributed by atoms with Crippen molar-refractivity contribution < 1.29 is 17.9 Å². The third kappa shape index (κ3) is 5.53. The summed E-state index contributed by atoms with van der Waals surface area (Å²) < 4.78 is 32.2. The molecule has 1 heterocycles. The molecule has 0 aliphatic carbocycles. The lowest BCUT2D eigenvalue weighted by atomic mass is 10.1. The van der Waals surface area contributed by atoms with Crippen LogP contribution >= 0.6 is 0 Å². The summed E-state index contributed by atoms with van der Waals surface area (Å²) in [7, 11) is -3.64. The predicted octanol–water partition coefficient (Wildman–Crippen LogP) is 2.71. The van der Waals surface area contributed by atoms with E-state index in [2.05, 4.69) is 15.4 Å². The number of hydrogen-bond acceptors (Lipinski definition) is 6. The van der Waals surface area contributed by atoms with Crippen LogP contribution in [0.5, 0.6) is 0 Å². The Kier molecular flexibility index (Phi) is 8.00. The van der Waals surface area contributed by atoms with Gasteiger partial charge in [-0.1, -0.05) is 32.0 Å². The Hall–Kier alpha value is -2.75. The molecule has 1 aliphatic rings. The fourth-order valence-electron chi connectivity index (χ4n) is 3.51. The van der Waals surface area contributed by atoms with Gasteiger partial charge < -0.3 is 9.64 Å². The lowest BCUT2D eigenvalue weighted by Crippen LogP contribution is -2.36. The quantitative estimate of drug-likeness (QED) is 0.485. The Morgan fingerprint density at radius 2 is 1.72 bits per heavy atom. The van der Waals surface area contributed by atoms with E-state index in [1.165, 1.54) is 16.4 Å². The lowest BCUT2D eigenvalue weighted by Gasteiger charge is -2.28. The highest BCUT2D eigenvalue weighted by Gasteiger charge is 2.22. The molecule has 1 amide bonds. The average Bonchev–Trinajstić information content (AvgIpc) is 2.83. The van der Waals surface area contributed by atoms with E-state index in [9.17, 15) is 13.2 Å². The largest absolute Gasteiger partial charge is 0.378 e. The number of nitrogens with zero attached hydrogens (tertiary/aromatic N) is 3. The van der Waals surface area contributed by atoms with Gasteiger partial charge in [-0.25, -0.2) is 13.8 Å². The molecule has 32 heavy (non-hydrogen) atoms. The van der Waals surface area contributed by atoms with Gasteiger partial charge in [0.25, 0.3) is 5.91 Å². The molecule has 1 aliphatic heterocycles. The second kappa shape index (κ2) is 10.7. The molecule has 0 aromatic heterocycles. The van der Waals surface area contributed by atoms with Gasteiger partial charge in [0.2, 0.25) is 10.0 Å². The molecule has 8 nitrogen and oxygen atoms in total. The molecule has 0 spiro atoms. The average molecular weight is 459 g/mol. The summed E-state index contributed by atoms with van der Waals surface area (Å²) in [4.78, 5) is 14.9. The number of benzene rings is 2. The number of ether oxygens (including phenoxy) is 1. The molecule has 0 unspecified atom stereocenters. The summed E-state index contributed by atoms with van der Waals surface area (Å²) in [5.41, 5.74) is 5.42. The number of hydrazone groups is 1. The minimum Gasteiger partial charge on any atom is -0.378 e. The van der Waals surface area contributed by atoms with E-state index < -0.39 is 15.9 Å². The first-order chi connectivity index (χ1) is 15.4. The van der Waals surface area contributed by atoms with Gasteiger partial charge in [0.15, 0.2) is 0 Å². The number of morpholine rings is 1. The van der Waals surface area contributed by atoms with E-state index in [-0.39, 0.29) is 10.5 Å². The van der Waals surface area contributed by atoms with Gasteiger partial charge in [0.1, 0.15) is 0 Å². The second-order valence-corrected chi connectivity index (χ2v) is 9.34. The molecular weight excluding hydrogens is 428 g/mol. The lowest BCUT2D eigenvalue weighted by molar-refractivity contribution is 0.0954. The minimum atomic E-state index is -3.64. The Bertz CT molecular complexity index is 1060. The van der Waals surface area contributed by atoms with Gasteiger partial charge in [-0.15, -0.1) is 0 Å². The molecule has 1 saturated heterocycles. The van der Waals surface area contributed by atoms with Crippen LogP contribution in [0.3, 0.4) is 0 Å². The van der Waals surface area contributed by atoms with Crippen LogP contribution < -0.4 is 10.3 Å². The van der Waals surface area contributed by atoms with E-state index in [1.54, 1.807) is 26.0 Å². The van der Waals surface area contributed by atoms with Crippen molar-refractivity contribution in [2.45, 2.75) is 25.7 Å². The zero-order valence-corrected chi connectivity index (χ0v) is 19.6. The number of sulfonamides is 1. The smallest absolute Gasteiger partial charge is 0.271 e. The molecule has 0 bridgehead atoms. The number of carbonyl (C=O) groups excluding carboxylic acids is 1. The van der Waals surface area contributed by atoms with Crippen molar-refractivity contribution in [2.24, 2.45) is 5.10 Å². The first-order valence-electron chi connectivity index (χ1n) is 10.7. The molecule has 0 atom stereocenters. The third-order valence-electron chi connectivity index (χ3n) is 5.43. The van der Waals surface area contributed by atoms with Crippen molar-refractivity contribution >= 4 is 27.3 Å². The van der Waals surface area contributed by atoms with Crippen LogP contribution in [0, 0.1) is 0 Å². The van der Waals surface area contributed by atoms with Crippen molar-refractivity contribution in [3.05, 3.63) is 59.7 Å². The topological polar surface area (TPSA) is 91.3 Å². The van der Waals surface area contributed by atoms with Crippen LogP contribution in [0.4, 0.5) is 5.69 Å². The van der Waals surface area contributed by atoms with Gasteiger partial charge in [0.05, 0.1) is 23.8 Å². The SMILES string of the molecule is CCN(CC)S(=O)(=O)c1cccc(C(=O)N/N=C(\C)c2ccc(N3CCOCC3)cc2)c1. The fourth-order valence-corrected chi connectivity index (χ4v) is 5.01. The van der Waals surface area contributed by atoms with Gasteiger partial charge >= 0.3 is 0 Å². The second-order valence-electron chi connectivity index (χ2n) is 7.40. The standard InChI is InChI=1S/C23H30N4O4S/c1-4-27(5-2)32(29,30)22-8-6-7-20(17-22)23(28)25-24-18(3)19-9-11-21(12-10-19)26-13-15-31-16-14-26/h6-12,17H,4-5,13-16H2,1-3H3,(H,25,28)/b24-18+. The van der Waals surface area contributed by atoms with Crippen LogP contribution in [-0.2, 0) is 14.8 Å². The number of amides is 1. The van der Waals surface area contributed by atoms with Crippen LogP contribution in [0.25, 0.3) is 0 Å². The van der Waals surface area contributed by atoms with Crippen LogP contribution in [-0.4, -0.2) is 63.7 Å². The Morgan fingerprint density at radius 3 is 2.34 bits per heavy atom. The van der Waals surface area contributed by atoms with Gasteiger partial charge in [0, 0.05) is 37.4 Å². The van der Waals surface area contributed by atoms with Gasteiger partial charge in [-0.05, 0) is 42.8 Å². The molecule has 2 aromatic carbocycles. The molecule has 0 radical (unpaired) electrons. The van der Waals surface area contributed by atoms with Crippen LogP contribution in [0.2, 0.25) is 0 Å². The minimum absolute atomic E-state index is 0.0910. The van der Waals surface area contributed by atoms with E-state index in [4.69, 9.17) is 4.74 Å². The van der Waals surface area contributed by atoms with E-state index in [0.29, 0.717) is 18.8 Å². The van der Waals surface area contributed by atoms with E-state index in [1.807, 2.05) is 31.2 Å². The molecule has 2 aromatic rings. The zero-order valence-electron chi connectivity index (χ0n) is 18.7. The monoisotopic (exact) mass is 458 g/mol. The normalized spacial score (nSPS) is 15.1. The fraction of sp³-hybridized carbons (Fsp3) is 0.391. The molecule has 1 fully saturated rings. The van der Waals surface area contributed by atoms with Crippen molar-refractivity contribution in [1.29, 1.82) is 0 Å². The number of hydrogen-bond donors (Lipinski definition) is 1. The van der Waals surface area contributed by atoms with Crippen molar-refractivity contribution in [2.75, 3.05) is 44.3 Å². The Morgan fingerprint density at radius 1 is 1.06 bits per heavy atom. The summed E-state index contributed by atoms with van der Waals surface area (Å²) in [6.07, 6.45) is 0. The third-order valence-corrected chi connectivity index (χ3v) is 7.47. The maximum absolute atomic E-state index is 12.7. The first-order valence-corrected chi connectivity index (χ1v) is 12.2. The van der Waals surface area contributed by atoms with Crippen molar-refractivity contribution in [3.8, 4) is 0 Å². The first kappa shape index (κ1) is 23.9. The van der Waals surface area contributed by atoms with Crippen molar-refractivity contribution in [1.82, 2.24) is 9.73 Å². The molecule has 3 rings (SSSR count). The highest BCUT2D eigenvalue weighted by atomic mass is 32.2. The highest BCUT2D eigenvalue weighted by Crippen LogP contribution is 2.18. The number of carbonyl (C=O) groups is 1. The van der Waals surface area contributed by atoms with E-state index in [0.717, 1.165) is 37.6 Å². The number of anilines is 1. The molecule has 9 heteroatoms. The van der Waals surface area contributed by atoms with E-state index >= 15 is 0 Å². The van der Waals surface area contributed by atoms with Crippen LogP contribution in [0.15, 0.2) is 58.5 Å². The maximum atomic E-state index is 12.7.